The Morgan fingerprint density at radius 1 is 1.28 bits per heavy atom. The Bertz CT molecular complexity index is 439. The summed E-state index contributed by atoms with van der Waals surface area (Å²) in [5.74, 6) is 0. The van der Waals surface area contributed by atoms with E-state index in [1.165, 1.54) is 16.8 Å². The molecule has 1 aliphatic rings. The summed E-state index contributed by atoms with van der Waals surface area (Å²) in [6.07, 6.45) is 2.33. The topological polar surface area (TPSA) is 29.3 Å². The first-order valence-corrected chi connectivity index (χ1v) is 6.82. The highest BCUT2D eigenvalue weighted by Gasteiger charge is 2.39. The van der Waals surface area contributed by atoms with E-state index in [9.17, 15) is 0 Å². The lowest BCUT2D eigenvalue weighted by atomic mass is 9.86. The first kappa shape index (κ1) is 13.4. The highest BCUT2D eigenvalue weighted by atomic mass is 15.1. The number of hydrogen-bond acceptors (Lipinski definition) is 2. The summed E-state index contributed by atoms with van der Waals surface area (Å²) in [6.45, 7) is 9.92. The molecule has 0 amide bonds. The Labute approximate surface area is 111 Å². The lowest BCUT2D eigenvalue weighted by Gasteiger charge is -2.27. The summed E-state index contributed by atoms with van der Waals surface area (Å²) >= 11 is 0. The Balaban J connectivity index is 2.19. The van der Waals surface area contributed by atoms with E-state index in [-0.39, 0.29) is 11.0 Å². The molecular formula is C16H26N2. The van der Waals surface area contributed by atoms with Crippen LogP contribution in [-0.4, -0.2) is 19.1 Å². The van der Waals surface area contributed by atoms with Gasteiger partial charge in [0, 0.05) is 24.8 Å². The van der Waals surface area contributed by atoms with Crippen LogP contribution in [0.15, 0.2) is 18.2 Å². The van der Waals surface area contributed by atoms with Gasteiger partial charge < -0.3 is 10.6 Å². The Kier molecular flexibility index (Phi) is 3.18. The predicted octanol–water partition coefficient (Wildman–Crippen LogP) is 3.22. The van der Waals surface area contributed by atoms with E-state index < -0.39 is 0 Å². The van der Waals surface area contributed by atoms with Gasteiger partial charge >= 0.3 is 0 Å². The molecule has 2 nitrogen and oxygen atoms in total. The molecule has 0 unspecified atom stereocenters. The minimum atomic E-state index is 0.0733. The zero-order valence-corrected chi connectivity index (χ0v) is 12.4. The second-order valence-corrected chi connectivity index (χ2v) is 6.97. The average Bonchev–Trinajstić information content (AvgIpc) is 2.94. The van der Waals surface area contributed by atoms with Gasteiger partial charge in [-0.15, -0.1) is 0 Å². The fraction of sp³-hybridized carbons (Fsp3) is 0.625. The number of benzene rings is 1. The monoisotopic (exact) mass is 246 g/mol. The van der Waals surface area contributed by atoms with Gasteiger partial charge in [0.15, 0.2) is 0 Å². The van der Waals surface area contributed by atoms with Gasteiger partial charge in [0.25, 0.3) is 0 Å². The number of rotatable bonds is 3. The predicted molar refractivity (Wildman–Crippen MR) is 79.3 cm³/mol. The first-order chi connectivity index (χ1) is 8.21. The molecule has 1 aliphatic carbocycles. The van der Waals surface area contributed by atoms with Crippen LogP contribution in [0, 0.1) is 6.92 Å². The van der Waals surface area contributed by atoms with Crippen LogP contribution in [0.1, 0.15) is 44.7 Å². The average molecular weight is 246 g/mol. The third-order valence-electron chi connectivity index (χ3n) is 3.92. The van der Waals surface area contributed by atoms with Crippen molar-refractivity contribution >= 4 is 5.69 Å². The number of likely N-dealkylation sites (N-methyl/N-ethyl adjacent to an activating group) is 1. The molecule has 0 heterocycles. The molecule has 2 N–H and O–H groups in total. The van der Waals surface area contributed by atoms with Crippen LogP contribution in [0.3, 0.4) is 0 Å². The molecule has 1 saturated carbocycles. The summed E-state index contributed by atoms with van der Waals surface area (Å²) in [5, 5.41) is 0. The Hall–Kier alpha value is -1.02. The quantitative estimate of drug-likeness (QED) is 0.887. The van der Waals surface area contributed by atoms with Crippen LogP contribution < -0.4 is 10.6 Å². The van der Waals surface area contributed by atoms with Gasteiger partial charge in [0.1, 0.15) is 0 Å². The smallest absolute Gasteiger partial charge is 0.0394 e. The van der Waals surface area contributed by atoms with Crippen LogP contribution in [0.2, 0.25) is 0 Å². The number of anilines is 1. The van der Waals surface area contributed by atoms with E-state index in [1.54, 1.807) is 0 Å². The molecule has 0 radical (unpaired) electrons. The highest BCUT2D eigenvalue weighted by molar-refractivity contribution is 5.55. The number of nitrogens with zero attached hydrogens (tertiary/aromatic N) is 1. The number of nitrogens with two attached hydrogens (primary N) is 1. The van der Waals surface area contributed by atoms with E-state index in [0.717, 1.165) is 19.4 Å². The standard InChI is InChI=1S/C16H26N2/c1-12-10-13(15(2,3)4)6-7-14(12)18(5)11-16(17)8-9-16/h6-7,10H,8-9,11,17H2,1-5H3. The van der Waals surface area contributed by atoms with Crippen molar-refractivity contribution in [2.24, 2.45) is 5.73 Å². The molecule has 1 fully saturated rings. The lowest BCUT2D eigenvalue weighted by molar-refractivity contribution is 0.589. The molecular weight excluding hydrogens is 220 g/mol. The van der Waals surface area contributed by atoms with E-state index in [2.05, 4.69) is 57.8 Å². The van der Waals surface area contributed by atoms with Crippen molar-refractivity contribution in [2.45, 2.75) is 51.5 Å². The molecule has 18 heavy (non-hydrogen) atoms. The van der Waals surface area contributed by atoms with Crippen LogP contribution in [0.5, 0.6) is 0 Å². The molecule has 0 aliphatic heterocycles. The van der Waals surface area contributed by atoms with Gasteiger partial charge in [-0.05, 0) is 42.4 Å². The maximum absolute atomic E-state index is 6.19. The molecule has 1 aromatic rings. The van der Waals surface area contributed by atoms with E-state index in [1.807, 2.05) is 0 Å². The van der Waals surface area contributed by atoms with E-state index in [0.29, 0.717) is 0 Å². The normalized spacial score (nSPS) is 17.7. The van der Waals surface area contributed by atoms with Gasteiger partial charge in [0.2, 0.25) is 0 Å². The zero-order chi connectivity index (χ0) is 13.6. The van der Waals surface area contributed by atoms with Crippen LogP contribution in [0.4, 0.5) is 5.69 Å². The van der Waals surface area contributed by atoms with Gasteiger partial charge in [-0.3, -0.25) is 0 Å². The molecule has 2 rings (SSSR count). The summed E-state index contributed by atoms with van der Waals surface area (Å²) in [6, 6.07) is 6.79. The van der Waals surface area contributed by atoms with E-state index >= 15 is 0 Å². The number of hydrogen-bond donors (Lipinski definition) is 1. The molecule has 0 atom stereocenters. The van der Waals surface area contributed by atoms with Crippen LogP contribution in [-0.2, 0) is 5.41 Å². The summed E-state index contributed by atoms with van der Waals surface area (Å²) in [4.78, 5) is 2.30. The summed E-state index contributed by atoms with van der Waals surface area (Å²) in [5.41, 5.74) is 10.5. The second kappa shape index (κ2) is 4.27. The van der Waals surface area contributed by atoms with Gasteiger partial charge in [-0.1, -0.05) is 32.9 Å². The molecule has 1 aromatic carbocycles. The molecule has 2 heteroatoms. The minimum Gasteiger partial charge on any atom is -0.373 e. The number of aryl methyl sites for hydroxylation is 1. The molecule has 0 bridgehead atoms. The van der Waals surface area contributed by atoms with Crippen molar-refractivity contribution in [2.75, 3.05) is 18.5 Å². The molecule has 0 aromatic heterocycles. The van der Waals surface area contributed by atoms with Crippen LogP contribution >= 0.6 is 0 Å². The lowest BCUT2D eigenvalue weighted by Crippen LogP contribution is -2.37. The molecule has 0 saturated heterocycles. The third kappa shape index (κ3) is 2.86. The van der Waals surface area contributed by atoms with Crippen molar-refractivity contribution in [3.63, 3.8) is 0 Å². The van der Waals surface area contributed by atoms with Gasteiger partial charge in [-0.25, -0.2) is 0 Å². The minimum absolute atomic E-state index is 0.0733. The maximum atomic E-state index is 6.19. The highest BCUT2D eigenvalue weighted by Crippen LogP contribution is 2.35. The van der Waals surface area contributed by atoms with E-state index in [4.69, 9.17) is 5.73 Å². The van der Waals surface area contributed by atoms with Crippen molar-refractivity contribution < 1.29 is 0 Å². The van der Waals surface area contributed by atoms with Crippen molar-refractivity contribution in [3.8, 4) is 0 Å². The SMILES string of the molecule is Cc1cc(C(C)(C)C)ccc1N(C)CC1(N)CC1. The molecule has 0 spiro atoms. The van der Waals surface area contributed by atoms with Gasteiger partial charge in [0.05, 0.1) is 0 Å². The first-order valence-electron chi connectivity index (χ1n) is 6.82. The van der Waals surface area contributed by atoms with Crippen molar-refractivity contribution in [3.05, 3.63) is 29.3 Å². The third-order valence-corrected chi connectivity index (χ3v) is 3.92. The maximum Gasteiger partial charge on any atom is 0.0394 e. The fourth-order valence-corrected chi connectivity index (χ4v) is 2.43. The van der Waals surface area contributed by atoms with Gasteiger partial charge in [-0.2, -0.15) is 0 Å². The Morgan fingerprint density at radius 2 is 1.89 bits per heavy atom. The van der Waals surface area contributed by atoms with Crippen molar-refractivity contribution in [1.82, 2.24) is 0 Å². The van der Waals surface area contributed by atoms with Crippen molar-refractivity contribution in [1.29, 1.82) is 0 Å². The largest absolute Gasteiger partial charge is 0.373 e. The summed E-state index contributed by atoms with van der Waals surface area (Å²) in [7, 11) is 2.14. The fourth-order valence-electron chi connectivity index (χ4n) is 2.43. The second-order valence-electron chi connectivity index (χ2n) is 6.97. The Morgan fingerprint density at radius 3 is 2.33 bits per heavy atom. The zero-order valence-electron chi connectivity index (χ0n) is 12.4. The summed E-state index contributed by atoms with van der Waals surface area (Å²) < 4.78 is 0. The van der Waals surface area contributed by atoms with Crippen LogP contribution in [0.25, 0.3) is 0 Å². The molecule has 100 valence electrons.